The van der Waals surface area contributed by atoms with Gasteiger partial charge in [0, 0.05) is 26.1 Å². The molecule has 0 unspecified atom stereocenters. The lowest BCUT2D eigenvalue weighted by Crippen LogP contribution is -2.26. The quantitative estimate of drug-likeness (QED) is 0.827. The molecular formula is C14H17N3O. The van der Waals surface area contributed by atoms with Crippen molar-refractivity contribution in [2.45, 2.75) is 6.42 Å². The number of aromatic nitrogens is 2. The van der Waals surface area contributed by atoms with E-state index in [4.69, 9.17) is 4.74 Å². The molecule has 94 valence electrons. The van der Waals surface area contributed by atoms with Crippen LogP contribution in [0.3, 0.4) is 0 Å². The van der Waals surface area contributed by atoms with E-state index in [0.717, 1.165) is 43.0 Å². The Kier molecular flexibility index (Phi) is 3.11. The van der Waals surface area contributed by atoms with Gasteiger partial charge in [-0.05, 0) is 18.6 Å². The van der Waals surface area contributed by atoms with Crippen molar-refractivity contribution in [1.29, 1.82) is 0 Å². The fraction of sp³-hybridized carbons (Fsp3) is 0.429. The number of nitrogens with zero attached hydrogens (tertiary/aromatic N) is 3. The van der Waals surface area contributed by atoms with Crippen molar-refractivity contribution < 1.29 is 4.74 Å². The van der Waals surface area contributed by atoms with E-state index in [1.165, 1.54) is 0 Å². The summed E-state index contributed by atoms with van der Waals surface area (Å²) in [5, 5.41) is 0. The van der Waals surface area contributed by atoms with E-state index in [0.29, 0.717) is 5.92 Å². The molecule has 1 aromatic heterocycles. The van der Waals surface area contributed by atoms with Gasteiger partial charge in [-0.2, -0.15) is 0 Å². The van der Waals surface area contributed by atoms with Gasteiger partial charge in [-0.1, -0.05) is 12.1 Å². The lowest BCUT2D eigenvalue weighted by Gasteiger charge is -2.21. The van der Waals surface area contributed by atoms with Gasteiger partial charge < -0.3 is 9.64 Å². The zero-order chi connectivity index (χ0) is 12.4. The highest BCUT2D eigenvalue weighted by atomic mass is 16.5. The van der Waals surface area contributed by atoms with Gasteiger partial charge in [-0.25, -0.2) is 4.98 Å². The molecule has 2 aromatic rings. The highest BCUT2D eigenvalue weighted by molar-refractivity contribution is 5.75. The predicted octanol–water partition coefficient (Wildman–Crippen LogP) is 2.10. The summed E-state index contributed by atoms with van der Waals surface area (Å²) in [6, 6.07) is 7.96. The first-order chi connectivity index (χ1) is 8.83. The molecule has 1 saturated heterocycles. The average molecular weight is 243 g/mol. The SMILES string of the molecule is CN(C[C@@H]1CCOC1)c1cnc2ccccc2n1. The van der Waals surface area contributed by atoms with Crippen LogP contribution >= 0.6 is 0 Å². The van der Waals surface area contributed by atoms with E-state index in [9.17, 15) is 0 Å². The molecule has 3 rings (SSSR count). The van der Waals surface area contributed by atoms with E-state index in [1.54, 1.807) is 0 Å². The van der Waals surface area contributed by atoms with Crippen LogP contribution in [-0.4, -0.2) is 36.8 Å². The van der Waals surface area contributed by atoms with Gasteiger partial charge in [0.15, 0.2) is 0 Å². The smallest absolute Gasteiger partial charge is 0.147 e. The van der Waals surface area contributed by atoms with Gasteiger partial charge in [0.2, 0.25) is 0 Å². The predicted molar refractivity (Wildman–Crippen MR) is 71.7 cm³/mol. The van der Waals surface area contributed by atoms with Crippen LogP contribution in [0.25, 0.3) is 11.0 Å². The number of anilines is 1. The molecular weight excluding hydrogens is 226 g/mol. The van der Waals surface area contributed by atoms with Crippen molar-refractivity contribution in [3.63, 3.8) is 0 Å². The second-order valence-electron chi connectivity index (χ2n) is 4.83. The van der Waals surface area contributed by atoms with Crippen LogP contribution < -0.4 is 4.90 Å². The highest BCUT2D eigenvalue weighted by Gasteiger charge is 2.18. The van der Waals surface area contributed by atoms with Gasteiger partial charge in [0.05, 0.1) is 23.8 Å². The Bertz CT molecular complexity index is 537. The molecule has 0 bridgehead atoms. The van der Waals surface area contributed by atoms with E-state index in [1.807, 2.05) is 30.5 Å². The third-order valence-corrected chi connectivity index (χ3v) is 3.38. The first-order valence-corrected chi connectivity index (χ1v) is 6.33. The minimum Gasteiger partial charge on any atom is -0.381 e. The Balaban J connectivity index is 1.80. The van der Waals surface area contributed by atoms with E-state index in [-0.39, 0.29) is 0 Å². The Hall–Kier alpha value is -1.68. The number of hydrogen-bond donors (Lipinski definition) is 0. The average Bonchev–Trinajstić information content (AvgIpc) is 2.91. The molecule has 1 aromatic carbocycles. The van der Waals surface area contributed by atoms with Crippen LogP contribution in [0, 0.1) is 5.92 Å². The summed E-state index contributed by atoms with van der Waals surface area (Å²) in [7, 11) is 2.07. The summed E-state index contributed by atoms with van der Waals surface area (Å²) >= 11 is 0. The molecule has 0 N–H and O–H groups in total. The van der Waals surface area contributed by atoms with Gasteiger partial charge in [-0.3, -0.25) is 4.98 Å². The number of para-hydroxylation sites is 2. The Morgan fingerprint density at radius 2 is 2.17 bits per heavy atom. The van der Waals surface area contributed by atoms with Gasteiger partial charge >= 0.3 is 0 Å². The maximum absolute atomic E-state index is 5.40. The summed E-state index contributed by atoms with van der Waals surface area (Å²) in [5.41, 5.74) is 1.89. The summed E-state index contributed by atoms with van der Waals surface area (Å²) in [6.45, 7) is 2.74. The number of ether oxygens (including phenoxy) is 1. The van der Waals surface area contributed by atoms with Crippen molar-refractivity contribution in [3.8, 4) is 0 Å². The topological polar surface area (TPSA) is 38.2 Å². The second-order valence-corrected chi connectivity index (χ2v) is 4.83. The highest BCUT2D eigenvalue weighted by Crippen LogP contribution is 2.18. The minimum atomic E-state index is 0.614. The minimum absolute atomic E-state index is 0.614. The zero-order valence-corrected chi connectivity index (χ0v) is 10.5. The summed E-state index contributed by atoms with van der Waals surface area (Å²) in [6.07, 6.45) is 2.99. The van der Waals surface area contributed by atoms with Crippen LogP contribution in [0.5, 0.6) is 0 Å². The Morgan fingerprint density at radius 3 is 2.94 bits per heavy atom. The monoisotopic (exact) mass is 243 g/mol. The fourth-order valence-corrected chi connectivity index (χ4v) is 2.34. The van der Waals surface area contributed by atoms with Crippen molar-refractivity contribution in [3.05, 3.63) is 30.5 Å². The van der Waals surface area contributed by atoms with E-state index < -0.39 is 0 Å². The molecule has 2 heterocycles. The van der Waals surface area contributed by atoms with E-state index in [2.05, 4.69) is 21.9 Å². The van der Waals surface area contributed by atoms with E-state index >= 15 is 0 Å². The summed E-state index contributed by atoms with van der Waals surface area (Å²) < 4.78 is 5.40. The molecule has 0 amide bonds. The zero-order valence-electron chi connectivity index (χ0n) is 10.5. The Labute approximate surface area is 107 Å². The van der Waals surface area contributed by atoms with Gasteiger partial charge in [-0.15, -0.1) is 0 Å². The first-order valence-electron chi connectivity index (χ1n) is 6.33. The molecule has 18 heavy (non-hydrogen) atoms. The molecule has 4 nitrogen and oxygen atoms in total. The van der Waals surface area contributed by atoms with Crippen molar-refractivity contribution in [2.24, 2.45) is 5.92 Å². The molecule has 1 aliphatic rings. The fourth-order valence-electron chi connectivity index (χ4n) is 2.34. The third kappa shape index (κ3) is 2.29. The van der Waals surface area contributed by atoms with Crippen molar-refractivity contribution in [1.82, 2.24) is 9.97 Å². The van der Waals surface area contributed by atoms with Crippen LogP contribution in [0.15, 0.2) is 30.5 Å². The largest absolute Gasteiger partial charge is 0.381 e. The lowest BCUT2D eigenvalue weighted by molar-refractivity contribution is 0.186. The molecule has 1 fully saturated rings. The standard InChI is InChI=1S/C14H17N3O/c1-17(9-11-6-7-18-10-11)14-8-15-12-4-2-3-5-13(12)16-14/h2-5,8,11H,6-7,9-10H2,1H3/t11-/m0/s1. The molecule has 1 atom stereocenters. The first kappa shape index (κ1) is 11.4. The van der Waals surface area contributed by atoms with Gasteiger partial charge in [0.1, 0.15) is 5.82 Å². The molecule has 1 aliphatic heterocycles. The van der Waals surface area contributed by atoms with Gasteiger partial charge in [0.25, 0.3) is 0 Å². The molecule has 0 aliphatic carbocycles. The second kappa shape index (κ2) is 4.90. The van der Waals surface area contributed by atoms with Crippen molar-refractivity contribution >= 4 is 16.9 Å². The number of hydrogen-bond acceptors (Lipinski definition) is 4. The number of rotatable bonds is 3. The van der Waals surface area contributed by atoms with Crippen LogP contribution in [0.4, 0.5) is 5.82 Å². The third-order valence-electron chi connectivity index (χ3n) is 3.38. The van der Waals surface area contributed by atoms with Crippen molar-refractivity contribution in [2.75, 3.05) is 31.7 Å². The lowest BCUT2D eigenvalue weighted by atomic mass is 10.1. The molecule has 0 spiro atoms. The number of benzene rings is 1. The summed E-state index contributed by atoms with van der Waals surface area (Å²) in [5.74, 6) is 1.55. The number of fused-ring (bicyclic) bond motifs is 1. The van der Waals surface area contributed by atoms with Crippen LogP contribution in [-0.2, 0) is 4.74 Å². The summed E-state index contributed by atoms with van der Waals surface area (Å²) in [4.78, 5) is 11.2. The molecule has 4 heteroatoms. The maximum Gasteiger partial charge on any atom is 0.147 e. The molecule has 0 saturated carbocycles. The normalized spacial score (nSPS) is 19.3. The molecule has 0 radical (unpaired) electrons. The van der Waals surface area contributed by atoms with Crippen LogP contribution in [0.1, 0.15) is 6.42 Å². The van der Waals surface area contributed by atoms with Crippen LogP contribution in [0.2, 0.25) is 0 Å². The maximum atomic E-state index is 5.40. The Morgan fingerprint density at radius 1 is 1.33 bits per heavy atom.